The van der Waals surface area contributed by atoms with E-state index in [0.29, 0.717) is 11.2 Å². The third-order valence-corrected chi connectivity index (χ3v) is 3.73. The summed E-state index contributed by atoms with van der Waals surface area (Å²) in [6, 6.07) is 0.197. The van der Waals surface area contributed by atoms with Gasteiger partial charge in [-0.05, 0) is 12.8 Å². The van der Waals surface area contributed by atoms with E-state index in [1.54, 1.807) is 6.33 Å². The van der Waals surface area contributed by atoms with E-state index >= 15 is 0 Å². The van der Waals surface area contributed by atoms with Gasteiger partial charge in [0.25, 0.3) is 0 Å². The van der Waals surface area contributed by atoms with Crippen molar-refractivity contribution in [2.75, 3.05) is 12.3 Å². The molecule has 1 aliphatic carbocycles. The molecule has 3 rings (SSSR count). The maximum Gasteiger partial charge on any atom is 0.223 e. The van der Waals surface area contributed by atoms with E-state index in [1.807, 2.05) is 4.57 Å². The Morgan fingerprint density at radius 1 is 1.47 bits per heavy atom. The second kappa shape index (κ2) is 4.79. The summed E-state index contributed by atoms with van der Waals surface area (Å²) < 4.78 is 1.97. The lowest BCUT2D eigenvalue weighted by atomic mass is 10.00. The lowest BCUT2D eigenvalue weighted by Crippen LogP contribution is -2.15. The molecular weight excluding hydrogens is 266 g/mol. The van der Waals surface area contributed by atoms with Crippen molar-refractivity contribution >= 4 is 28.7 Å². The summed E-state index contributed by atoms with van der Waals surface area (Å²) in [6.45, 7) is 0.163. The number of hydrogen-bond donors (Lipinski definition) is 2. The zero-order valence-electron chi connectivity index (χ0n) is 10.2. The molecule has 0 amide bonds. The van der Waals surface area contributed by atoms with Crippen LogP contribution in [0.1, 0.15) is 18.9 Å². The van der Waals surface area contributed by atoms with Crippen molar-refractivity contribution < 1.29 is 5.11 Å². The second-order valence-corrected chi connectivity index (χ2v) is 4.96. The van der Waals surface area contributed by atoms with E-state index in [1.165, 1.54) is 0 Å². The highest BCUT2D eigenvalue weighted by Gasteiger charge is 2.26. The number of halogens is 1. The van der Waals surface area contributed by atoms with Gasteiger partial charge in [-0.25, -0.2) is 4.98 Å². The molecular formula is C12H14ClN5O. The van der Waals surface area contributed by atoms with Crippen LogP contribution in [0.5, 0.6) is 0 Å². The molecule has 1 aliphatic rings. The Labute approximate surface area is 114 Å². The Kier molecular flexibility index (Phi) is 3.12. The van der Waals surface area contributed by atoms with Crippen LogP contribution in [-0.4, -0.2) is 31.2 Å². The topological polar surface area (TPSA) is 89.8 Å². The molecule has 6 nitrogen and oxygen atoms in total. The largest absolute Gasteiger partial charge is 0.396 e. The highest BCUT2D eigenvalue weighted by Crippen LogP contribution is 2.34. The minimum Gasteiger partial charge on any atom is -0.396 e. The maximum atomic E-state index is 9.12. The van der Waals surface area contributed by atoms with Gasteiger partial charge in [0, 0.05) is 18.6 Å². The molecule has 2 atom stereocenters. The van der Waals surface area contributed by atoms with Crippen LogP contribution >= 0.6 is 11.6 Å². The van der Waals surface area contributed by atoms with Gasteiger partial charge < -0.3 is 15.4 Å². The minimum absolute atomic E-state index is 0.143. The van der Waals surface area contributed by atoms with Crippen molar-refractivity contribution in [3.63, 3.8) is 0 Å². The Balaban J connectivity index is 2.06. The van der Waals surface area contributed by atoms with Gasteiger partial charge in [-0.3, -0.25) is 0 Å². The highest BCUT2D eigenvalue weighted by molar-refractivity contribution is 6.33. The molecule has 0 bridgehead atoms. The monoisotopic (exact) mass is 279 g/mol. The number of aliphatic hydroxyl groups excluding tert-OH is 1. The molecule has 3 N–H and O–H groups in total. The van der Waals surface area contributed by atoms with Gasteiger partial charge in [0.15, 0.2) is 10.8 Å². The van der Waals surface area contributed by atoms with Crippen molar-refractivity contribution in [1.82, 2.24) is 19.5 Å². The first kappa shape index (κ1) is 12.4. The van der Waals surface area contributed by atoms with E-state index in [9.17, 15) is 0 Å². The molecule has 100 valence electrons. The van der Waals surface area contributed by atoms with Crippen molar-refractivity contribution in [3.8, 4) is 0 Å². The van der Waals surface area contributed by atoms with Crippen molar-refractivity contribution in [3.05, 3.63) is 23.6 Å². The number of aliphatic hydroxyl groups is 1. The van der Waals surface area contributed by atoms with Gasteiger partial charge in [0.1, 0.15) is 5.52 Å². The smallest absolute Gasteiger partial charge is 0.223 e. The number of rotatable bonds is 3. The standard InChI is InChI=1S/C12H14ClN5O/c13-10-9-11(17-12(14)16-10)18(6-15-9)8-3-1-2-7(8)4-5-19/h1-2,6-8,19H,3-5H2,(H2,14,16,17)/t7-,8-/m1/s1. The highest BCUT2D eigenvalue weighted by atomic mass is 35.5. The number of nitrogens with two attached hydrogens (primary N) is 1. The molecule has 2 aromatic rings. The molecule has 0 radical (unpaired) electrons. The molecule has 0 spiro atoms. The molecule has 0 saturated carbocycles. The predicted molar refractivity (Wildman–Crippen MR) is 72.7 cm³/mol. The van der Waals surface area contributed by atoms with Gasteiger partial charge in [-0.15, -0.1) is 0 Å². The average molecular weight is 280 g/mol. The first-order valence-electron chi connectivity index (χ1n) is 6.13. The predicted octanol–water partition coefficient (Wildman–Crippen LogP) is 1.56. The van der Waals surface area contributed by atoms with Gasteiger partial charge >= 0.3 is 0 Å². The molecule has 0 aliphatic heterocycles. The van der Waals surface area contributed by atoms with Crippen LogP contribution < -0.4 is 5.73 Å². The summed E-state index contributed by atoms with van der Waals surface area (Å²) in [5.74, 6) is 0.418. The Hall–Kier alpha value is -1.66. The first-order valence-corrected chi connectivity index (χ1v) is 6.51. The lowest BCUT2D eigenvalue weighted by Gasteiger charge is -2.20. The Bertz CT molecular complexity index is 638. The summed E-state index contributed by atoms with van der Waals surface area (Å²) in [5.41, 5.74) is 6.85. The zero-order valence-corrected chi connectivity index (χ0v) is 11.0. The maximum absolute atomic E-state index is 9.12. The van der Waals surface area contributed by atoms with Crippen LogP contribution in [0.3, 0.4) is 0 Å². The van der Waals surface area contributed by atoms with E-state index in [4.69, 9.17) is 22.4 Å². The quantitative estimate of drug-likeness (QED) is 0.657. The van der Waals surface area contributed by atoms with Crippen LogP contribution in [0.4, 0.5) is 5.95 Å². The van der Waals surface area contributed by atoms with Gasteiger partial charge in [0.2, 0.25) is 5.95 Å². The van der Waals surface area contributed by atoms with Crippen molar-refractivity contribution in [2.24, 2.45) is 5.92 Å². The summed E-state index contributed by atoms with van der Waals surface area (Å²) in [4.78, 5) is 12.4. The van der Waals surface area contributed by atoms with E-state index in [-0.39, 0.29) is 29.7 Å². The third kappa shape index (κ3) is 2.06. The summed E-state index contributed by atoms with van der Waals surface area (Å²) >= 11 is 6.02. The van der Waals surface area contributed by atoms with E-state index in [2.05, 4.69) is 27.1 Å². The first-order chi connectivity index (χ1) is 9.20. The van der Waals surface area contributed by atoms with Gasteiger partial charge in [-0.2, -0.15) is 9.97 Å². The third-order valence-electron chi connectivity index (χ3n) is 3.47. The molecule has 0 unspecified atom stereocenters. The Morgan fingerprint density at radius 2 is 2.32 bits per heavy atom. The fraction of sp³-hybridized carbons (Fsp3) is 0.417. The molecule has 2 aromatic heterocycles. The number of hydrogen-bond acceptors (Lipinski definition) is 5. The zero-order chi connectivity index (χ0) is 13.4. The molecule has 0 fully saturated rings. The SMILES string of the molecule is Nc1nc(Cl)c2ncn([C@@H]3CC=C[C@@H]3CCO)c2n1. The molecule has 7 heteroatoms. The minimum atomic E-state index is 0.143. The normalized spacial score (nSPS) is 22.4. The number of allylic oxidation sites excluding steroid dienone is 2. The van der Waals surface area contributed by atoms with Crippen molar-refractivity contribution in [2.45, 2.75) is 18.9 Å². The molecule has 0 saturated heterocycles. The molecule has 19 heavy (non-hydrogen) atoms. The number of imidazole rings is 1. The molecule has 0 aromatic carbocycles. The lowest BCUT2D eigenvalue weighted by molar-refractivity contribution is 0.250. The fourth-order valence-electron chi connectivity index (χ4n) is 2.59. The van der Waals surface area contributed by atoms with Crippen molar-refractivity contribution in [1.29, 1.82) is 0 Å². The van der Waals surface area contributed by atoms with Crippen LogP contribution in [-0.2, 0) is 0 Å². The van der Waals surface area contributed by atoms with Gasteiger partial charge in [0.05, 0.1) is 6.33 Å². The average Bonchev–Trinajstić information content (AvgIpc) is 2.95. The number of anilines is 1. The Morgan fingerprint density at radius 3 is 3.11 bits per heavy atom. The van der Waals surface area contributed by atoms with Crippen LogP contribution in [0.15, 0.2) is 18.5 Å². The fourth-order valence-corrected chi connectivity index (χ4v) is 2.81. The van der Waals surface area contributed by atoms with Crippen LogP contribution in [0.25, 0.3) is 11.2 Å². The second-order valence-electron chi connectivity index (χ2n) is 4.60. The van der Waals surface area contributed by atoms with Gasteiger partial charge in [-0.1, -0.05) is 23.8 Å². The summed E-state index contributed by atoms with van der Waals surface area (Å²) in [6.07, 6.45) is 7.56. The number of nitrogen functional groups attached to an aromatic ring is 1. The number of nitrogens with zero attached hydrogens (tertiary/aromatic N) is 4. The number of aromatic nitrogens is 4. The molecule has 2 heterocycles. The summed E-state index contributed by atoms with van der Waals surface area (Å²) in [5, 5.41) is 9.39. The van der Waals surface area contributed by atoms with Crippen LogP contribution in [0.2, 0.25) is 5.15 Å². The number of fused-ring (bicyclic) bond motifs is 1. The van der Waals surface area contributed by atoms with E-state index < -0.39 is 0 Å². The van der Waals surface area contributed by atoms with E-state index in [0.717, 1.165) is 12.8 Å². The van der Waals surface area contributed by atoms with Crippen LogP contribution in [0, 0.1) is 5.92 Å². The summed E-state index contributed by atoms with van der Waals surface area (Å²) in [7, 11) is 0.